The molecule has 0 fully saturated rings. The largest absolute Gasteiger partial charge is 0.450 e. The van der Waals surface area contributed by atoms with Gasteiger partial charge in [0.1, 0.15) is 0 Å². The molecule has 300 valence electrons. The summed E-state index contributed by atoms with van der Waals surface area (Å²) in [5, 5.41) is 5.96. The van der Waals surface area contributed by atoms with Gasteiger partial charge in [-0.2, -0.15) is 0 Å². The standard InChI is InChI=1S/C45H86N2O4/c1-7-9-11-13-15-17-19-21-23-25-27-29-31-33-35-37-39-50-42(48)46-44(3,4)41-45(5,6)47-43(49)51-40-38-36-34-32-30-28-26-24-22-20-18-16-14-12-10-8-2/h21-24H,7-20,25-41H2,1-6H3,(H,46,48)(H,47,49). The first-order chi connectivity index (χ1) is 24.6. The number of unbranched alkanes of at least 4 members (excludes halogenated alkanes) is 24. The number of carbonyl (C=O) groups is 2. The minimum absolute atomic E-state index is 0.397. The molecule has 0 aromatic carbocycles. The second kappa shape index (κ2) is 35.1. The van der Waals surface area contributed by atoms with Gasteiger partial charge in [-0.1, -0.05) is 154 Å². The van der Waals surface area contributed by atoms with Crippen molar-refractivity contribution >= 4 is 12.2 Å². The first-order valence-corrected chi connectivity index (χ1v) is 21.8. The average Bonchev–Trinajstić information content (AvgIpc) is 3.06. The Morgan fingerprint density at radius 1 is 0.412 bits per heavy atom. The van der Waals surface area contributed by atoms with Crippen LogP contribution in [0.1, 0.15) is 228 Å². The molecule has 0 heterocycles. The van der Waals surface area contributed by atoms with Crippen molar-refractivity contribution in [2.75, 3.05) is 13.2 Å². The van der Waals surface area contributed by atoms with E-state index in [4.69, 9.17) is 9.47 Å². The zero-order chi connectivity index (χ0) is 37.7. The summed E-state index contributed by atoms with van der Waals surface area (Å²) in [7, 11) is 0. The van der Waals surface area contributed by atoms with E-state index >= 15 is 0 Å². The topological polar surface area (TPSA) is 76.7 Å². The fourth-order valence-corrected chi connectivity index (χ4v) is 6.85. The Kier molecular flexibility index (Phi) is 33.7. The van der Waals surface area contributed by atoms with Gasteiger partial charge in [0.25, 0.3) is 0 Å². The van der Waals surface area contributed by atoms with E-state index in [1.54, 1.807) is 0 Å². The molecule has 0 aliphatic carbocycles. The monoisotopic (exact) mass is 719 g/mol. The second-order valence-electron chi connectivity index (χ2n) is 16.3. The molecular formula is C45H86N2O4. The Hall–Kier alpha value is -1.98. The van der Waals surface area contributed by atoms with Gasteiger partial charge in [0.2, 0.25) is 0 Å². The lowest BCUT2D eigenvalue weighted by Gasteiger charge is -2.35. The Balaban J connectivity index is 3.77. The summed E-state index contributed by atoms with van der Waals surface area (Å²) in [6.07, 6.45) is 44.4. The van der Waals surface area contributed by atoms with Gasteiger partial charge in [0.15, 0.2) is 0 Å². The van der Waals surface area contributed by atoms with Crippen LogP contribution in [-0.2, 0) is 9.47 Å². The lowest BCUT2D eigenvalue weighted by Crippen LogP contribution is -2.53. The van der Waals surface area contributed by atoms with Crippen LogP contribution in [0.3, 0.4) is 0 Å². The van der Waals surface area contributed by atoms with Crippen LogP contribution >= 0.6 is 0 Å². The quantitative estimate of drug-likeness (QED) is 0.0499. The van der Waals surface area contributed by atoms with E-state index in [-0.39, 0.29) is 0 Å². The van der Waals surface area contributed by atoms with E-state index in [1.807, 2.05) is 27.7 Å². The van der Waals surface area contributed by atoms with Crippen molar-refractivity contribution in [1.82, 2.24) is 10.6 Å². The third kappa shape index (κ3) is 37.6. The van der Waals surface area contributed by atoms with E-state index < -0.39 is 23.3 Å². The maximum Gasteiger partial charge on any atom is 0.407 e. The van der Waals surface area contributed by atoms with Gasteiger partial charge < -0.3 is 20.1 Å². The summed E-state index contributed by atoms with van der Waals surface area (Å²) >= 11 is 0. The summed E-state index contributed by atoms with van der Waals surface area (Å²) in [6.45, 7) is 13.2. The maximum atomic E-state index is 12.5. The Labute approximate surface area is 317 Å². The molecule has 0 bridgehead atoms. The number of allylic oxidation sites excluding steroid dienone is 4. The highest BCUT2D eigenvalue weighted by Crippen LogP contribution is 2.21. The molecule has 2 amide bonds. The maximum absolute atomic E-state index is 12.5. The Morgan fingerprint density at radius 2 is 0.667 bits per heavy atom. The molecule has 0 saturated heterocycles. The van der Waals surface area contributed by atoms with Crippen molar-refractivity contribution in [2.24, 2.45) is 0 Å². The molecule has 6 nitrogen and oxygen atoms in total. The molecule has 0 aromatic rings. The van der Waals surface area contributed by atoms with Crippen molar-refractivity contribution in [1.29, 1.82) is 0 Å². The molecular weight excluding hydrogens is 633 g/mol. The van der Waals surface area contributed by atoms with Crippen LogP contribution < -0.4 is 10.6 Å². The summed E-state index contributed by atoms with van der Waals surface area (Å²) in [6, 6.07) is 0. The molecule has 0 rings (SSSR count). The van der Waals surface area contributed by atoms with E-state index in [1.165, 1.54) is 154 Å². The first-order valence-electron chi connectivity index (χ1n) is 21.8. The number of alkyl carbamates (subject to hydrolysis) is 2. The second-order valence-corrected chi connectivity index (χ2v) is 16.3. The zero-order valence-electron chi connectivity index (χ0n) is 34.9. The predicted molar refractivity (Wildman–Crippen MR) is 221 cm³/mol. The Morgan fingerprint density at radius 3 is 0.961 bits per heavy atom. The third-order valence-corrected chi connectivity index (χ3v) is 9.54. The van der Waals surface area contributed by atoms with Gasteiger partial charge in [-0.05, 0) is 98.3 Å². The number of rotatable bonds is 36. The van der Waals surface area contributed by atoms with Gasteiger partial charge in [-0.15, -0.1) is 0 Å². The van der Waals surface area contributed by atoms with Gasteiger partial charge >= 0.3 is 12.2 Å². The van der Waals surface area contributed by atoms with Gasteiger partial charge in [-0.3, -0.25) is 0 Å². The number of amides is 2. The summed E-state index contributed by atoms with van der Waals surface area (Å²) in [5.41, 5.74) is -1.08. The van der Waals surface area contributed by atoms with Crippen LogP contribution in [0.15, 0.2) is 24.3 Å². The van der Waals surface area contributed by atoms with Gasteiger partial charge in [0, 0.05) is 11.1 Å². The summed E-state index contributed by atoms with van der Waals surface area (Å²) in [4.78, 5) is 24.9. The average molecular weight is 719 g/mol. The Bertz CT molecular complexity index is 783. The van der Waals surface area contributed by atoms with Crippen molar-refractivity contribution in [3.05, 3.63) is 24.3 Å². The summed E-state index contributed by atoms with van der Waals surface area (Å²) < 4.78 is 10.9. The van der Waals surface area contributed by atoms with E-state index in [2.05, 4.69) is 48.8 Å². The lowest BCUT2D eigenvalue weighted by molar-refractivity contribution is 0.120. The van der Waals surface area contributed by atoms with Gasteiger partial charge in [0.05, 0.1) is 13.2 Å². The highest BCUT2D eigenvalue weighted by atomic mass is 16.6. The highest BCUT2D eigenvalue weighted by Gasteiger charge is 2.32. The molecule has 0 saturated carbocycles. The number of ether oxygens (including phenoxy) is 2. The van der Waals surface area contributed by atoms with Crippen LogP contribution in [0.4, 0.5) is 9.59 Å². The van der Waals surface area contributed by atoms with Crippen LogP contribution in [-0.4, -0.2) is 36.5 Å². The smallest absolute Gasteiger partial charge is 0.407 e. The van der Waals surface area contributed by atoms with Crippen molar-refractivity contribution in [3.8, 4) is 0 Å². The number of carbonyl (C=O) groups excluding carboxylic acids is 2. The lowest BCUT2D eigenvalue weighted by atomic mass is 9.87. The number of hydrogen-bond donors (Lipinski definition) is 2. The van der Waals surface area contributed by atoms with Crippen LogP contribution in [0.2, 0.25) is 0 Å². The molecule has 0 spiro atoms. The zero-order valence-corrected chi connectivity index (χ0v) is 34.9. The molecule has 0 aliphatic rings. The summed E-state index contributed by atoms with van der Waals surface area (Å²) in [5.74, 6) is 0. The minimum Gasteiger partial charge on any atom is -0.450 e. The van der Waals surface area contributed by atoms with Crippen molar-refractivity contribution < 1.29 is 19.1 Å². The van der Waals surface area contributed by atoms with E-state index in [0.717, 1.165) is 25.7 Å². The number of hydrogen-bond acceptors (Lipinski definition) is 4. The molecule has 0 radical (unpaired) electrons. The first kappa shape index (κ1) is 49.0. The number of nitrogens with one attached hydrogen (secondary N) is 2. The van der Waals surface area contributed by atoms with Crippen LogP contribution in [0, 0.1) is 0 Å². The molecule has 0 atom stereocenters. The SMILES string of the molecule is CCCCCCCCC=CCCCCCCCCOC(=O)NC(C)(C)CC(C)(C)NC(=O)OCCCCCCCCC=CCCCCCCCC. The third-order valence-electron chi connectivity index (χ3n) is 9.54. The molecule has 0 unspecified atom stereocenters. The van der Waals surface area contributed by atoms with Crippen molar-refractivity contribution in [3.63, 3.8) is 0 Å². The fraction of sp³-hybridized carbons (Fsp3) is 0.867. The molecule has 0 aromatic heterocycles. The van der Waals surface area contributed by atoms with E-state index in [0.29, 0.717) is 19.6 Å². The minimum atomic E-state index is -0.541. The van der Waals surface area contributed by atoms with Crippen LogP contribution in [0.5, 0.6) is 0 Å². The molecule has 0 aliphatic heterocycles. The fourth-order valence-electron chi connectivity index (χ4n) is 6.85. The van der Waals surface area contributed by atoms with Crippen molar-refractivity contribution in [2.45, 2.75) is 239 Å². The molecule has 6 heteroatoms. The highest BCUT2D eigenvalue weighted by molar-refractivity contribution is 5.69. The predicted octanol–water partition coefficient (Wildman–Crippen LogP) is 14.5. The van der Waals surface area contributed by atoms with Gasteiger partial charge in [-0.25, -0.2) is 9.59 Å². The van der Waals surface area contributed by atoms with Crippen LogP contribution in [0.25, 0.3) is 0 Å². The normalized spacial score (nSPS) is 12.2. The molecule has 51 heavy (non-hydrogen) atoms. The van der Waals surface area contributed by atoms with E-state index in [9.17, 15) is 9.59 Å². The molecule has 2 N–H and O–H groups in total.